The number of ether oxygens (including phenoxy) is 2. The summed E-state index contributed by atoms with van der Waals surface area (Å²) in [6, 6.07) is 17.8. The van der Waals surface area contributed by atoms with Gasteiger partial charge in [-0.25, -0.2) is 0 Å². The zero-order valence-corrected chi connectivity index (χ0v) is 13.9. The average molecular weight is 335 g/mol. The van der Waals surface area contributed by atoms with Crippen LogP contribution in [0.4, 0.5) is 5.69 Å². The number of carbonyl (C=O) groups excluding carboxylic acids is 2. The Morgan fingerprint density at radius 2 is 1.48 bits per heavy atom. The molecule has 126 valence electrons. The van der Waals surface area contributed by atoms with E-state index in [-0.39, 0.29) is 11.9 Å². The van der Waals surface area contributed by atoms with Crippen molar-refractivity contribution in [3.63, 3.8) is 0 Å². The third-order valence-corrected chi connectivity index (χ3v) is 3.68. The lowest BCUT2D eigenvalue weighted by molar-refractivity contribution is -0.131. The molecule has 5 heteroatoms. The molecule has 0 aliphatic heterocycles. The molecule has 25 heavy (non-hydrogen) atoms. The van der Waals surface area contributed by atoms with Crippen molar-refractivity contribution in [3.8, 4) is 11.5 Å². The van der Waals surface area contributed by atoms with Gasteiger partial charge in [0.15, 0.2) is 0 Å². The summed E-state index contributed by atoms with van der Waals surface area (Å²) >= 11 is 0. The van der Waals surface area contributed by atoms with Crippen LogP contribution >= 0.6 is 0 Å². The summed E-state index contributed by atoms with van der Waals surface area (Å²) in [4.78, 5) is 23.4. The Morgan fingerprint density at radius 1 is 0.840 bits per heavy atom. The van der Waals surface area contributed by atoms with Crippen molar-refractivity contribution < 1.29 is 19.1 Å². The molecule has 3 rings (SSSR count). The molecule has 0 fully saturated rings. The molecule has 0 saturated carbocycles. The zero-order valence-electron chi connectivity index (χ0n) is 13.9. The van der Waals surface area contributed by atoms with Crippen molar-refractivity contribution in [2.75, 3.05) is 12.4 Å². The second-order valence-electron chi connectivity index (χ2n) is 5.50. The molecular formula is C20H17NO4. The number of carbonyl (C=O) groups is 2. The molecule has 0 heterocycles. The minimum atomic E-state index is -0.366. The van der Waals surface area contributed by atoms with Crippen molar-refractivity contribution in [2.24, 2.45) is 0 Å². The number of nitrogens with one attached hydrogen (secondary N) is 1. The Kier molecular flexibility index (Phi) is 4.66. The molecule has 0 radical (unpaired) electrons. The van der Waals surface area contributed by atoms with Crippen LogP contribution in [0, 0.1) is 0 Å². The number of esters is 1. The summed E-state index contributed by atoms with van der Waals surface area (Å²) in [5.41, 5.74) is 1.24. The smallest absolute Gasteiger partial charge is 0.308 e. The standard InChI is InChI=1S/C20H17NO4/c1-13(22)25-19-8-5-14-11-16(4-3-15(14)12-19)20(23)21-17-6-9-18(24-2)10-7-17/h3-12H,1-2H3,(H,21,23). The van der Waals surface area contributed by atoms with Gasteiger partial charge in [0.1, 0.15) is 11.5 Å². The highest BCUT2D eigenvalue weighted by Crippen LogP contribution is 2.23. The average Bonchev–Trinajstić information content (AvgIpc) is 2.61. The van der Waals surface area contributed by atoms with Crippen LogP contribution in [-0.4, -0.2) is 19.0 Å². The first kappa shape index (κ1) is 16.5. The van der Waals surface area contributed by atoms with E-state index in [4.69, 9.17) is 9.47 Å². The van der Waals surface area contributed by atoms with E-state index in [1.165, 1.54) is 6.92 Å². The number of hydrogen-bond donors (Lipinski definition) is 1. The summed E-state index contributed by atoms with van der Waals surface area (Å²) in [5.74, 6) is 0.647. The number of methoxy groups -OCH3 is 1. The fraction of sp³-hybridized carbons (Fsp3) is 0.100. The lowest BCUT2D eigenvalue weighted by atomic mass is 10.1. The highest BCUT2D eigenvalue weighted by molar-refractivity contribution is 6.06. The van der Waals surface area contributed by atoms with Crippen LogP contribution in [0.3, 0.4) is 0 Å². The molecule has 0 spiro atoms. The van der Waals surface area contributed by atoms with Gasteiger partial charge in [0.25, 0.3) is 5.91 Å². The molecule has 0 unspecified atom stereocenters. The minimum Gasteiger partial charge on any atom is -0.497 e. The van der Waals surface area contributed by atoms with Gasteiger partial charge in [-0.1, -0.05) is 12.1 Å². The Hall–Kier alpha value is -3.34. The third-order valence-electron chi connectivity index (χ3n) is 3.68. The molecule has 0 aliphatic carbocycles. The second kappa shape index (κ2) is 7.05. The Labute approximate surface area is 145 Å². The van der Waals surface area contributed by atoms with Gasteiger partial charge in [-0.2, -0.15) is 0 Å². The lowest BCUT2D eigenvalue weighted by Gasteiger charge is -2.08. The van der Waals surface area contributed by atoms with Gasteiger partial charge in [-0.15, -0.1) is 0 Å². The number of anilines is 1. The summed E-state index contributed by atoms with van der Waals surface area (Å²) in [6.07, 6.45) is 0. The predicted octanol–water partition coefficient (Wildman–Crippen LogP) is 4.03. The molecule has 5 nitrogen and oxygen atoms in total. The van der Waals surface area contributed by atoms with Crippen LogP contribution < -0.4 is 14.8 Å². The van der Waals surface area contributed by atoms with Gasteiger partial charge in [-0.3, -0.25) is 9.59 Å². The predicted molar refractivity (Wildman–Crippen MR) is 96.2 cm³/mol. The quantitative estimate of drug-likeness (QED) is 0.577. The molecule has 0 aliphatic rings. The maximum absolute atomic E-state index is 12.4. The van der Waals surface area contributed by atoms with Gasteiger partial charge in [-0.05, 0) is 59.3 Å². The van der Waals surface area contributed by atoms with Crippen molar-refractivity contribution in [3.05, 3.63) is 66.2 Å². The lowest BCUT2D eigenvalue weighted by Crippen LogP contribution is -2.11. The number of amides is 1. The van der Waals surface area contributed by atoms with Crippen LogP contribution in [0.1, 0.15) is 17.3 Å². The molecule has 1 N–H and O–H groups in total. The first-order chi connectivity index (χ1) is 12.0. The molecule has 0 atom stereocenters. The van der Waals surface area contributed by atoms with Crippen LogP contribution in [-0.2, 0) is 4.79 Å². The highest BCUT2D eigenvalue weighted by Gasteiger charge is 2.08. The Balaban J connectivity index is 1.80. The maximum Gasteiger partial charge on any atom is 0.308 e. The van der Waals surface area contributed by atoms with Crippen molar-refractivity contribution >= 4 is 28.3 Å². The first-order valence-corrected chi connectivity index (χ1v) is 7.73. The van der Waals surface area contributed by atoms with E-state index in [9.17, 15) is 9.59 Å². The van der Waals surface area contributed by atoms with Crippen LogP contribution in [0.25, 0.3) is 10.8 Å². The Bertz CT molecular complexity index is 932. The minimum absolute atomic E-state index is 0.198. The highest BCUT2D eigenvalue weighted by atomic mass is 16.5. The zero-order chi connectivity index (χ0) is 17.8. The number of rotatable bonds is 4. The topological polar surface area (TPSA) is 64.6 Å². The fourth-order valence-electron chi connectivity index (χ4n) is 2.47. The SMILES string of the molecule is COc1ccc(NC(=O)c2ccc3cc(OC(C)=O)ccc3c2)cc1. The molecule has 0 saturated heterocycles. The molecule has 3 aromatic rings. The van der Waals surface area contributed by atoms with Crippen molar-refractivity contribution in [1.82, 2.24) is 0 Å². The van der Waals surface area contributed by atoms with Crippen molar-refractivity contribution in [1.29, 1.82) is 0 Å². The van der Waals surface area contributed by atoms with E-state index in [0.717, 1.165) is 16.5 Å². The molecule has 3 aromatic carbocycles. The van der Waals surface area contributed by atoms with Gasteiger partial charge in [0, 0.05) is 18.2 Å². The first-order valence-electron chi connectivity index (χ1n) is 7.73. The van der Waals surface area contributed by atoms with E-state index in [1.807, 2.05) is 12.1 Å². The second-order valence-corrected chi connectivity index (χ2v) is 5.50. The normalized spacial score (nSPS) is 10.3. The van der Waals surface area contributed by atoms with E-state index in [2.05, 4.69) is 5.32 Å². The fourth-order valence-corrected chi connectivity index (χ4v) is 2.47. The van der Waals surface area contributed by atoms with E-state index in [1.54, 1.807) is 55.6 Å². The van der Waals surface area contributed by atoms with Crippen LogP contribution in [0.15, 0.2) is 60.7 Å². The van der Waals surface area contributed by atoms with E-state index >= 15 is 0 Å². The van der Waals surface area contributed by atoms with Gasteiger partial charge in [0.05, 0.1) is 7.11 Å². The monoisotopic (exact) mass is 335 g/mol. The van der Waals surface area contributed by atoms with Crippen molar-refractivity contribution in [2.45, 2.75) is 6.92 Å². The Morgan fingerprint density at radius 3 is 2.16 bits per heavy atom. The number of hydrogen-bond acceptors (Lipinski definition) is 4. The summed E-state index contributed by atoms with van der Waals surface area (Å²) in [7, 11) is 1.59. The van der Waals surface area contributed by atoms with Gasteiger partial charge >= 0.3 is 5.97 Å². The molecule has 0 aromatic heterocycles. The van der Waals surface area contributed by atoms with Crippen LogP contribution in [0.5, 0.6) is 11.5 Å². The van der Waals surface area contributed by atoms with E-state index < -0.39 is 0 Å². The van der Waals surface area contributed by atoms with E-state index in [0.29, 0.717) is 17.0 Å². The summed E-state index contributed by atoms with van der Waals surface area (Å²) < 4.78 is 10.2. The summed E-state index contributed by atoms with van der Waals surface area (Å²) in [6.45, 7) is 1.36. The maximum atomic E-state index is 12.4. The third kappa shape index (κ3) is 3.95. The van der Waals surface area contributed by atoms with Gasteiger partial charge in [0.2, 0.25) is 0 Å². The number of benzene rings is 3. The molecular weight excluding hydrogens is 318 g/mol. The van der Waals surface area contributed by atoms with Gasteiger partial charge < -0.3 is 14.8 Å². The largest absolute Gasteiger partial charge is 0.497 e. The number of fused-ring (bicyclic) bond motifs is 1. The molecule has 1 amide bonds. The molecule has 0 bridgehead atoms. The van der Waals surface area contributed by atoms with Crippen LogP contribution in [0.2, 0.25) is 0 Å². The summed E-state index contributed by atoms with van der Waals surface area (Å²) in [5, 5.41) is 4.62.